The van der Waals surface area contributed by atoms with E-state index in [-0.39, 0.29) is 29.1 Å². The van der Waals surface area contributed by atoms with Crippen molar-refractivity contribution in [1.82, 2.24) is 10.2 Å². The number of nitrogens with one attached hydrogen (secondary N) is 1. The predicted molar refractivity (Wildman–Crippen MR) is 163 cm³/mol. The van der Waals surface area contributed by atoms with Crippen molar-refractivity contribution in [2.45, 2.75) is 76.4 Å². The molecule has 1 aliphatic carbocycles. The summed E-state index contributed by atoms with van der Waals surface area (Å²) >= 11 is 6.24. The van der Waals surface area contributed by atoms with Crippen LogP contribution in [0, 0.1) is 13.8 Å². The minimum atomic E-state index is -4.14. The van der Waals surface area contributed by atoms with Crippen LogP contribution in [0.15, 0.2) is 77.7 Å². The average molecular weight is 596 g/mol. The van der Waals surface area contributed by atoms with Gasteiger partial charge in [-0.15, -0.1) is 0 Å². The third kappa shape index (κ3) is 7.89. The van der Waals surface area contributed by atoms with Gasteiger partial charge < -0.3 is 10.2 Å². The number of carbonyl (C=O) groups excluding carboxylic acids is 2. The van der Waals surface area contributed by atoms with Gasteiger partial charge in [0.1, 0.15) is 12.6 Å². The number of hydrogen-bond acceptors (Lipinski definition) is 4. The summed E-state index contributed by atoms with van der Waals surface area (Å²) in [6.07, 6.45) is 5.13. The van der Waals surface area contributed by atoms with Gasteiger partial charge in [0.15, 0.2) is 0 Å². The van der Waals surface area contributed by atoms with Crippen molar-refractivity contribution in [3.8, 4) is 0 Å². The van der Waals surface area contributed by atoms with Crippen LogP contribution in [0.1, 0.15) is 55.7 Å². The lowest BCUT2D eigenvalue weighted by molar-refractivity contribution is -0.139. The van der Waals surface area contributed by atoms with E-state index in [0.717, 1.165) is 53.1 Å². The number of rotatable bonds is 10. The number of hydrogen-bond donors (Lipinski definition) is 1. The summed E-state index contributed by atoms with van der Waals surface area (Å²) in [6.45, 7) is 5.20. The summed E-state index contributed by atoms with van der Waals surface area (Å²) in [4.78, 5) is 29.0. The molecule has 0 saturated heterocycles. The summed E-state index contributed by atoms with van der Waals surface area (Å²) in [6, 6.07) is 19.9. The van der Waals surface area contributed by atoms with E-state index in [1.165, 1.54) is 23.1 Å². The van der Waals surface area contributed by atoms with E-state index in [1.54, 1.807) is 37.3 Å². The van der Waals surface area contributed by atoms with Crippen molar-refractivity contribution in [3.05, 3.63) is 94.5 Å². The zero-order chi connectivity index (χ0) is 29.6. The summed E-state index contributed by atoms with van der Waals surface area (Å²) in [7, 11) is -4.14. The van der Waals surface area contributed by atoms with Crippen LogP contribution in [0.3, 0.4) is 0 Å². The molecule has 1 atom stereocenters. The highest BCUT2D eigenvalue weighted by Gasteiger charge is 2.33. The number of sulfonamides is 1. The van der Waals surface area contributed by atoms with Gasteiger partial charge in [-0.25, -0.2) is 8.42 Å². The second-order valence-electron chi connectivity index (χ2n) is 10.8. The van der Waals surface area contributed by atoms with Gasteiger partial charge in [0.25, 0.3) is 10.0 Å². The number of benzene rings is 3. The van der Waals surface area contributed by atoms with E-state index in [4.69, 9.17) is 11.6 Å². The number of carbonyl (C=O) groups is 2. The van der Waals surface area contributed by atoms with Crippen LogP contribution in [-0.2, 0) is 26.2 Å². The zero-order valence-electron chi connectivity index (χ0n) is 23.8. The maximum atomic E-state index is 14.1. The molecular weight excluding hydrogens is 558 g/mol. The molecule has 0 spiro atoms. The number of halogens is 1. The quantitative estimate of drug-likeness (QED) is 0.311. The first-order valence-corrected chi connectivity index (χ1v) is 15.9. The molecule has 4 rings (SSSR count). The summed E-state index contributed by atoms with van der Waals surface area (Å²) in [5, 5.41) is 3.47. The predicted octanol–water partition coefficient (Wildman–Crippen LogP) is 6.02. The molecule has 1 fully saturated rings. The van der Waals surface area contributed by atoms with E-state index in [2.05, 4.69) is 5.32 Å². The maximum absolute atomic E-state index is 14.1. The summed E-state index contributed by atoms with van der Waals surface area (Å²) in [5.74, 6) is -0.734. The van der Waals surface area contributed by atoms with Gasteiger partial charge in [-0.05, 0) is 69.5 Å². The number of nitrogens with zero attached hydrogens (tertiary/aromatic N) is 2. The molecule has 7 nitrogen and oxygen atoms in total. The molecule has 0 unspecified atom stereocenters. The van der Waals surface area contributed by atoms with Crippen molar-refractivity contribution in [1.29, 1.82) is 0 Å². The minimum absolute atomic E-state index is 0.0594. The smallest absolute Gasteiger partial charge is 0.264 e. The second-order valence-corrected chi connectivity index (χ2v) is 13.1. The molecule has 1 aliphatic rings. The summed E-state index contributed by atoms with van der Waals surface area (Å²) in [5.41, 5.74) is 3.06. The van der Waals surface area contributed by atoms with Crippen LogP contribution in [0.4, 0.5) is 5.69 Å². The Morgan fingerprint density at radius 3 is 2.27 bits per heavy atom. The Balaban J connectivity index is 1.68. The topological polar surface area (TPSA) is 86.8 Å². The van der Waals surface area contributed by atoms with Crippen molar-refractivity contribution in [2.75, 3.05) is 10.8 Å². The molecule has 3 aromatic carbocycles. The van der Waals surface area contributed by atoms with Gasteiger partial charge in [0, 0.05) is 17.6 Å². The van der Waals surface area contributed by atoms with E-state index in [1.807, 2.05) is 38.1 Å². The Bertz CT molecular complexity index is 1470. The molecule has 0 bridgehead atoms. The molecule has 1 N–H and O–H groups in total. The fourth-order valence-corrected chi connectivity index (χ4v) is 6.75. The third-order valence-electron chi connectivity index (χ3n) is 7.54. The first kappa shape index (κ1) is 30.6. The van der Waals surface area contributed by atoms with E-state index in [9.17, 15) is 18.0 Å². The van der Waals surface area contributed by atoms with Crippen molar-refractivity contribution in [3.63, 3.8) is 0 Å². The molecule has 41 heavy (non-hydrogen) atoms. The van der Waals surface area contributed by atoms with Crippen LogP contribution in [0.25, 0.3) is 0 Å². The van der Waals surface area contributed by atoms with Gasteiger partial charge in [-0.1, -0.05) is 84.5 Å². The molecule has 0 aliphatic heterocycles. The van der Waals surface area contributed by atoms with Gasteiger partial charge in [0.2, 0.25) is 11.8 Å². The van der Waals surface area contributed by atoms with E-state index < -0.39 is 28.5 Å². The van der Waals surface area contributed by atoms with Crippen LogP contribution < -0.4 is 9.62 Å². The highest BCUT2D eigenvalue weighted by molar-refractivity contribution is 7.92. The second kappa shape index (κ2) is 13.5. The lowest BCUT2D eigenvalue weighted by atomic mass is 9.95. The normalized spacial score (nSPS) is 14.7. The fourth-order valence-electron chi connectivity index (χ4n) is 5.16. The van der Waals surface area contributed by atoms with Gasteiger partial charge in [-0.3, -0.25) is 13.9 Å². The molecular formula is C32H38ClN3O4S. The zero-order valence-corrected chi connectivity index (χ0v) is 25.4. The first-order valence-electron chi connectivity index (χ1n) is 14.0. The molecule has 1 saturated carbocycles. The molecule has 0 radical (unpaired) electrons. The Labute approximate surface area is 248 Å². The van der Waals surface area contributed by atoms with Crippen LogP contribution in [-0.4, -0.2) is 43.8 Å². The highest BCUT2D eigenvalue weighted by Crippen LogP contribution is 2.27. The third-order valence-corrected chi connectivity index (χ3v) is 9.56. The van der Waals surface area contributed by atoms with Gasteiger partial charge >= 0.3 is 0 Å². The van der Waals surface area contributed by atoms with Gasteiger partial charge in [0.05, 0.1) is 10.6 Å². The fraction of sp³-hybridized carbons (Fsp3) is 0.375. The van der Waals surface area contributed by atoms with Crippen molar-refractivity contribution < 1.29 is 18.0 Å². The largest absolute Gasteiger partial charge is 0.352 e. The lowest BCUT2D eigenvalue weighted by Gasteiger charge is -2.33. The molecule has 0 aromatic heterocycles. The first-order chi connectivity index (χ1) is 19.5. The molecule has 2 amide bonds. The minimum Gasteiger partial charge on any atom is -0.352 e. The van der Waals surface area contributed by atoms with Gasteiger partial charge in [-0.2, -0.15) is 0 Å². The maximum Gasteiger partial charge on any atom is 0.264 e. The van der Waals surface area contributed by atoms with E-state index in [0.29, 0.717) is 5.02 Å². The highest BCUT2D eigenvalue weighted by atomic mass is 35.5. The van der Waals surface area contributed by atoms with Crippen LogP contribution in [0.2, 0.25) is 5.02 Å². The van der Waals surface area contributed by atoms with Crippen LogP contribution >= 0.6 is 11.6 Å². The monoisotopic (exact) mass is 595 g/mol. The SMILES string of the molecule is Cc1ccc(S(=O)(=O)N(CC(=O)N(Cc2cccc(C)c2)[C@H](C)C(=O)NC2CCCCC2)c2cccc(Cl)c2)cc1. The average Bonchev–Trinajstić information content (AvgIpc) is 2.95. The number of anilines is 1. The number of amides is 2. The van der Waals surface area contributed by atoms with E-state index >= 15 is 0 Å². The Morgan fingerprint density at radius 2 is 1.61 bits per heavy atom. The molecule has 218 valence electrons. The van der Waals surface area contributed by atoms with Crippen molar-refractivity contribution in [2.24, 2.45) is 0 Å². The summed E-state index contributed by atoms with van der Waals surface area (Å²) < 4.78 is 28.9. The molecule has 3 aromatic rings. The number of aryl methyl sites for hydroxylation is 2. The standard InChI is InChI=1S/C32H38ClN3O4S/c1-23-15-17-30(18-16-23)41(39,40)36(29-14-8-11-27(33)20-29)22-31(37)35(21-26-10-7-9-24(2)19-26)25(3)32(38)34-28-12-5-4-6-13-28/h7-11,14-20,25,28H,4-6,12-13,21-22H2,1-3H3,(H,34,38)/t25-/m1/s1. The molecule has 0 heterocycles. The Morgan fingerprint density at radius 1 is 0.927 bits per heavy atom. The van der Waals surface area contributed by atoms with Crippen molar-refractivity contribution >= 4 is 39.1 Å². The molecule has 9 heteroatoms. The van der Waals surface area contributed by atoms with Crippen LogP contribution in [0.5, 0.6) is 0 Å². The Kier molecular flexibility index (Phi) is 10.1. The Hall–Kier alpha value is -3.36. The lowest BCUT2D eigenvalue weighted by Crippen LogP contribution is -2.53.